The highest BCUT2D eigenvalue weighted by Crippen LogP contribution is 2.24. The normalized spacial score (nSPS) is 11.1. The van der Waals surface area contributed by atoms with Crippen LogP contribution in [0.2, 0.25) is 0 Å². The molecule has 3 rings (SSSR count). The molecule has 0 bridgehead atoms. The molecule has 0 saturated carbocycles. The summed E-state index contributed by atoms with van der Waals surface area (Å²) in [5.41, 5.74) is 0.982. The molecule has 3 nitrogen and oxygen atoms in total. The van der Waals surface area contributed by atoms with Crippen molar-refractivity contribution >= 4 is 27.8 Å². The number of halogens is 1. The number of hydrogen-bond donors (Lipinski definition) is 0. The Balaban J connectivity index is 1.76. The van der Waals surface area contributed by atoms with Crippen LogP contribution < -0.4 is 0 Å². The van der Waals surface area contributed by atoms with Gasteiger partial charge in [0.15, 0.2) is 5.76 Å². The van der Waals surface area contributed by atoms with Crippen LogP contribution in [0.5, 0.6) is 0 Å². The smallest absolute Gasteiger partial charge is 0.221 e. The van der Waals surface area contributed by atoms with Gasteiger partial charge in [-0.1, -0.05) is 28.1 Å². The van der Waals surface area contributed by atoms with Gasteiger partial charge in [-0.2, -0.15) is 0 Å². The van der Waals surface area contributed by atoms with E-state index in [9.17, 15) is 4.79 Å². The lowest BCUT2D eigenvalue weighted by molar-refractivity contribution is 0.102. The third-order valence-corrected chi connectivity index (χ3v) is 3.45. The van der Waals surface area contributed by atoms with Crippen LogP contribution in [0, 0.1) is 0 Å². The van der Waals surface area contributed by atoms with Gasteiger partial charge in [-0.15, -0.1) is 0 Å². The van der Waals surface area contributed by atoms with Gasteiger partial charge in [-0.25, -0.2) is 0 Å². The molecule has 0 amide bonds. The molecule has 0 N–H and O–H groups in total. The number of carbonyl (C=O) groups excluding carboxylic acids is 1. The van der Waals surface area contributed by atoms with Crippen LogP contribution in [0.3, 0.4) is 0 Å². The number of carbonyl (C=O) groups is 1. The van der Waals surface area contributed by atoms with Crippen LogP contribution in [0.15, 0.2) is 74.2 Å². The van der Waals surface area contributed by atoms with Crippen molar-refractivity contribution in [1.82, 2.24) is 0 Å². The molecule has 0 aliphatic carbocycles. The molecule has 0 atom stereocenters. The number of rotatable bonds is 4. The number of furan rings is 2. The molecule has 0 aliphatic rings. The maximum absolute atomic E-state index is 11.8. The number of ketones is 1. The van der Waals surface area contributed by atoms with E-state index in [-0.39, 0.29) is 5.78 Å². The lowest BCUT2D eigenvalue weighted by atomic mass is 10.2. The van der Waals surface area contributed by atoms with E-state index in [4.69, 9.17) is 8.83 Å². The van der Waals surface area contributed by atoms with Gasteiger partial charge in [0.25, 0.3) is 0 Å². The van der Waals surface area contributed by atoms with Crippen molar-refractivity contribution in [3.8, 4) is 11.3 Å². The van der Waals surface area contributed by atoms with Gasteiger partial charge in [-0.3, -0.25) is 4.79 Å². The molecule has 0 aliphatic heterocycles. The first-order valence-electron chi connectivity index (χ1n) is 6.34. The zero-order valence-electron chi connectivity index (χ0n) is 11.0. The number of hydrogen-bond acceptors (Lipinski definition) is 3. The fraction of sp³-hybridized carbons (Fsp3) is 0. The van der Waals surface area contributed by atoms with Gasteiger partial charge in [0, 0.05) is 10.0 Å². The second-order valence-electron chi connectivity index (χ2n) is 4.38. The van der Waals surface area contributed by atoms with Crippen LogP contribution >= 0.6 is 15.9 Å². The van der Waals surface area contributed by atoms with E-state index in [1.165, 1.54) is 12.3 Å². The lowest BCUT2D eigenvalue weighted by Crippen LogP contribution is -1.89. The fourth-order valence-electron chi connectivity index (χ4n) is 1.87. The first-order valence-corrected chi connectivity index (χ1v) is 7.13. The van der Waals surface area contributed by atoms with Crippen molar-refractivity contribution in [2.75, 3.05) is 0 Å². The molecule has 104 valence electrons. The topological polar surface area (TPSA) is 43.4 Å². The Kier molecular flexibility index (Phi) is 3.88. The van der Waals surface area contributed by atoms with E-state index < -0.39 is 0 Å². The third-order valence-electron chi connectivity index (χ3n) is 2.92. The molecule has 0 spiro atoms. The minimum atomic E-state index is -0.193. The average Bonchev–Trinajstić information content (AvgIpc) is 3.17. The summed E-state index contributed by atoms with van der Waals surface area (Å²) in [4.78, 5) is 11.8. The third kappa shape index (κ3) is 3.23. The quantitative estimate of drug-likeness (QED) is 0.483. The van der Waals surface area contributed by atoms with E-state index in [0.29, 0.717) is 11.5 Å². The first kappa shape index (κ1) is 13.6. The van der Waals surface area contributed by atoms with Crippen LogP contribution in [-0.2, 0) is 0 Å². The van der Waals surface area contributed by atoms with Gasteiger partial charge >= 0.3 is 0 Å². The molecule has 0 fully saturated rings. The Morgan fingerprint density at radius 2 is 1.86 bits per heavy atom. The minimum absolute atomic E-state index is 0.193. The van der Waals surface area contributed by atoms with Gasteiger partial charge in [0.05, 0.1) is 6.26 Å². The molecule has 2 heterocycles. The highest BCUT2D eigenvalue weighted by Gasteiger charge is 2.06. The largest absolute Gasteiger partial charge is 0.461 e. The molecule has 2 aromatic heterocycles. The molecule has 3 aromatic rings. The summed E-state index contributed by atoms with van der Waals surface area (Å²) < 4.78 is 11.7. The fourth-order valence-corrected chi connectivity index (χ4v) is 2.13. The van der Waals surface area contributed by atoms with Crippen LogP contribution in [-0.4, -0.2) is 5.78 Å². The summed E-state index contributed by atoms with van der Waals surface area (Å²) >= 11 is 3.39. The summed E-state index contributed by atoms with van der Waals surface area (Å²) in [6.07, 6.45) is 4.54. The Morgan fingerprint density at radius 3 is 2.57 bits per heavy atom. The zero-order chi connectivity index (χ0) is 14.7. The van der Waals surface area contributed by atoms with Crippen LogP contribution in [0.25, 0.3) is 17.4 Å². The highest BCUT2D eigenvalue weighted by atomic mass is 79.9. The summed E-state index contributed by atoms with van der Waals surface area (Å²) in [5, 5.41) is 0. The maximum atomic E-state index is 11.8. The summed E-state index contributed by atoms with van der Waals surface area (Å²) in [6, 6.07) is 14.8. The predicted molar refractivity (Wildman–Crippen MR) is 83.9 cm³/mol. The minimum Gasteiger partial charge on any atom is -0.461 e. The Morgan fingerprint density at radius 1 is 1.05 bits per heavy atom. The molecule has 1 aromatic carbocycles. The molecular formula is C17H11BrO3. The second-order valence-corrected chi connectivity index (χ2v) is 5.30. The van der Waals surface area contributed by atoms with Gasteiger partial charge in [-0.05, 0) is 48.6 Å². The lowest BCUT2D eigenvalue weighted by Gasteiger charge is -1.96. The summed E-state index contributed by atoms with van der Waals surface area (Å²) in [6.45, 7) is 0. The highest BCUT2D eigenvalue weighted by molar-refractivity contribution is 9.10. The van der Waals surface area contributed by atoms with Gasteiger partial charge in [0.1, 0.15) is 11.5 Å². The van der Waals surface area contributed by atoms with Gasteiger partial charge in [0.2, 0.25) is 5.78 Å². The molecule has 0 unspecified atom stereocenters. The molecule has 0 saturated heterocycles. The average molecular weight is 343 g/mol. The van der Waals surface area contributed by atoms with E-state index in [1.54, 1.807) is 18.2 Å². The summed E-state index contributed by atoms with van der Waals surface area (Å²) in [7, 11) is 0. The predicted octanol–water partition coefficient (Wildman–Crippen LogP) is 5.20. The van der Waals surface area contributed by atoms with Crippen LogP contribution in [0.4, 0.5) is 0 Å². The standard InChI is InChI=1S/C17H11BrO3/c18-13-5-3-12(4-6-13)16-10-8-14(21-16)7-9-15(19)17-2-1-11-20-17/h1-11H/b9-7+. The molecule has 21 heavy (non-hydrogen) atoms. The van der Waals surface area contributed by atoms with E-state index in [0.717, 1.165) is 15.8 Å². The second kappa shape index (κ2) is 5.97. The van der Waals surface area contributed by atoms with E-state index >= 15 is 0 Å². The van der Waals surface area contributed by atoms with Crippen molar-refractivity contribution < 1.29 is 13.6 Å². The van der Waals surface area contributed by atoms with E-state index in [1.807, 2.05) is 36.4 Å². The molecular weight excluding hydrogens is 332 g/mol. The first-order chi connectivity index (χ1) is 10.2. The van der Waals surface area contributed by atoms with Crippen molar-refractivity contribution in [3.05, 3.63) is 76.9 Å². The van der Waals surface area contributed by atoms with Gasteiger partial charge < -0.3 is 8.83 Å². The Hall–Kier alpha value is -2.33. The van der Waals surface area contributed by atoms with Crippen molar-refractivity contribution in [2.24, 2.45) is 0 Å². The maximum Gasteiger partial charge on any atom is 0.221 e. The number of benzene rings is 1. The van der Waals surface area contributed by atoms with Crippen molar-refractivity contribution in [2.45, 2.75) is 0 Å². The molecule has 4 heteroatoms. The van der Waals surface area contributed by atoms with E-state index in [2.05, 4.69) is 15.9 Å². The number of allylic oxidation sites excluding steroid dienone is 1. The Labute approximate surface area is 130 Å². The summed E-state index contributed by atoms with van der Waals surface area (Å²) in [5.74, 6) is 1.49. The zero-order valence-corrected chi connectivity index (χ0v) is 12.5. The van der Waals surface area contributed by atoms with Crippen molar-refractivity contribution in [3.63, 3.8) is 0 Å². The molecule has 0 radical (unpaired) electrons. The monoisotopic (exact) mass is 342 g/mol. The van der Waals surface area contributed by atoms with Crippen LogP contribution in [0.1, 0.15) is 16.3 Å². The van der Waals surface area contributed by atoms with Crippen molar-refractivity contribution in [1.29, 1.82) is 0 Å². The SMILES string of the molecule is O=C(/C=C/c1ccc(-c2ccc(Br)cc2)o1)c1ccco1. The Bertz CT molecular complexity index is 765.